The molecule has 3 rings (SSSR count). The van der Waals surface area contributed by atoms with Crippen molar-refractivity contribution in [1.29, 1.82) is 0 Å². The topological polar surface area (TPSA) is 72.3 Å². The molecule has 3 aromatic rings. The van der Waals surface area contributed by atoms with Gasteiger partial charge in [-0.15, -0.1) is 0 Å². The molecule has 0 saturated heterocycles. The molecular formula is C26H23F4N3O3. The van der Waals surface area contributed by atoms with Crippen molar-refractivity contribution in [3.05, 3.63) is 94.8 Å². The first kappa shape index (κ1) is 26.4. The van der Waals surface area contributed by atoms with Crippen LogP contribution < -0.4 is 5.32 Å². The van der Waals surface area contributed by atoms with E-state index in [-0.39, 0.29) is 17.9 Å². The number of nitrogens with zero attached hydrogens (tertiary/aromatic N) is 2. The molecule has 0 aliphatic heterocycles. The number of rotatable bonds is 8. The molecule has 0 saturated carbocycles. The molecule has 0 aliphatic rings. The highest BCUT2D eigenvalue weighted by Crippen LogP contribution is 2.26. The molecule has 0 unspecified atom stereocenters. The fourth-order valence-corrected chi connectivity index (χ4v) is 3.43. The highest BCUT2D eigenvalue weighted by atomic mass is 19.4. The molecule has 0 heterocycles. The Labute approximate surface area is 205 Å². The summed E-state index contributed by atoms with van der Waals surface area (Å²) in [6.07, 6.45) is -4.79. The van der Waals surface area contributed by atoms with Gasteiger partial charge < -0.3 is 15.0 Å². The molecule has 188 valence electrons. The van der Waals surface area contributed by atoms with Gasteiger partial charge in [0.2, 0.25) is 0 Å². The maximum absolute atomic E-state index is 13.8. The predicted molar refractivity (Wildman–Crippen MR) is 128 cm³/mol. The minimum Gasteiger partial charge on any atom is -0.398 e. The summed E-state index contributed by atoms with van der Waals surface area (Å²) < 4.78 is 54.5. The number of oxime groups is 2. The zero-order valence-electron chi connectivity index (χ0n) is 19.7. The summed E-state index contributed by atoms with van der Waals surface area (Å²) in [7, 11) is 2.69. The summed E-state index contributed by atoms with van der Waals surface area (Å²) >= 11 is 0. The molecular weight excluding hydrogens is 478 g/mol. The number of hydrogen-bond acceptors (Lipinski definition) is 5. The molecule has 0 bridgehead atoms. The summed E-state index contributed by atoms with van der Waals surface area (Å²) in [5, 5.41) is 9.59. The van der Waals surface area contributed by atoms with Crippen molar-refractivity contribution in [2.75, 3.05) is 14.2 Å². The van der Waals surface area contributed by atoms with E-state index in [1.807, 2.05) is 0 Å². The lowest BCUT2D eigenvalue weighted by Crippen LogP contribution is -2.29. The molecule has 1 amide bonds. The smallest absolute Gasteiger partial charge is 0.398 e. The van der Waals surface area contributed by atoms with Crippen LogP contribution in [0.2, 0.25) is 0 Å². The van der Waals surface area contributed by atoms with Gasteiger partial charge in [-0.1, -0.05) is 64.9 Å². The number of hydrogen-bond donors (Lipinski definition) is 1. The number of alkyl halides is 3. The van der Waals surface area contributed by atoms with Crippen molar-refractivity contribution in [1.82, 2.24) is 5.32 Å². The first-order valence-electron chi connectivity index (χ1n) is 10.7. The average Bonchev–Trinajstić information content (AvgIpc) is 2.85. The standard InChI is InChI=1S/C26H23F4N3O3/c1-16-5-4-6-21(23(32-35-3)25(34)31-2)22(16)15-36-33-24(26(28,29)30)19-9-7-17(8-10-19)18-11-13-20(27)14-12-18/h4-14H,15H2,1-3H3,(H,31,34)/b32-23+,33-24-. The molecule has 10 heteroatoms. The molecule has 36 heavy (non-hydrogen) atoms. The number of aryl methyl sites for hydroxylation is 1. The lowest BCUT2D eigenvalue weighted by Gasteiger charge is -2.14. The number of benzene rings is 3. The molecule has 0 atom stereocenters. The highest BCUT2D eigenvalue weighted by Gasteiger charge is 2.38. The van der Waals surface area contributed by atoms with Gasteiger partial charge in [-0.25, -0.2) is 4.39 Å². The van der Waals surface area contributed by atoms with Crippen LogP contribution in [0.15, 0.2) is 77.0 Å². The first-order chi connectivity index (χ1) is 17.2. The van der Waals surface area contributed by atoms with E-state index in [1.165, 1.54) is 62.7 Å². The zero-order valence-corrected chi connectivity index (χ0v) is 19.7. The van der Waals surface area contributed by atoms with Gasteiger partial charge in [-0.2, -0.15) is 13.2 Å². The minimum atomic E-state index is -4.79. The summed E-state index contributed by atoms with van der Waals surface area (Å²) in [5.74, 6) is -0.948. The third-order valence-electron chi connectivity index (χ3n) is 5.26. The maximum atomic E-state index is 13.8. The Hall–Kier alpha value is -4.21. The molecule has 0 spiro atoms. The van der Waals surface area contributed by atoms with Gasteiger partial charge in [0.25, 0.3) is 5.91 Å². The highest BCUT2D eigenvalue weighted by molar-refractivity contribution is 6.45. The van der Waals surface area contributed by atoms with Crippen LogP contribution in [-0.2, 0) is 21.1 Å². The van der Waals surface area contributed by atoms with Crippen molar-refractivity contribution >= 4 is 17.3 Å². The van der Waals surface area contributed by atoms with Gasteiger partial charge >= 0.3 is 6.18 Å². The Balaban J connectivity index is 1.90. The van der Waals surface area contributed by atoms with Crippen LogP contribution in [0.25, 0.3) is 11.1 Å². The Morgan fingerprint density at radius 3 is 2.11 bits per heavy atom. The van der Waals surface area contributed by atoms with Crippen LogP contribution in [0, 0.1) is 12.7 Å². The largest absolute Gasteiger partial charge is 0.437 e. The van der Waals surface area contributed by atoms with Gasteiger partial charge in [-0.05, 0) is 35.7 Å². The number of halogens is 4. The molecule has 6 nitrogen and oxygen atoms in total. The first-order valence-corrected chi connectivity index (χ1v) is 10.7. The normalized spacial score (nSPS) is 12.3. The molecule has 0 radical (unpaired) electrons. The Morgan fingerprint density at radius 2 is 1.56 bits per heavy atom. The van der Waals surface area contributed by atoms with Crippen molar-refractivity contribution in [2.45, 2.75) is 19.7 Å². The molecule has 1 N–H and O–H groups in total. The molecule has 0 fully saturated rings. The summed E-state index contributed by atoms with van der Waals surface area (Å²) in [4.78, 5) is 22.2. The maximum Gasteiger partial charge on any atom is 0.437 e. The van der Waals surface area contributed by atoms with E-state index in [1.54, 1.807) is 25.1 Å². The summed E-state index contributed by atoms with van der Waals surface area (Å²) in [5.41, 5.74) is 1.21. The lowest BCUT2D eigenvalue weighted by atomic mass is 9.98. The molecule has 3 aromatic carbocycles. The third kappa shape index (κ3) is 6.26. The van der Waals surface area contributed by atoms with E-state index in [0.29, 0.717) is 27.8 Å². The van der Waals surface area contributed by atoms with E-state index in [9.17, 15) is 22.4 Å². The Bertz CT molecular complexity index is 1270. The summed E-state index contributed by atoms with van der Waals surface area (Å²) in [6, 6.07) is 16.1. The number of likely N-dealkylation sites (N-methyl/N-ethyl adjacent to an activating group) is 1. The second-order valence-corrected chi connectivity index (χ2v) is 7.60. The SMILES string of the molecule is CNC(=O)/C(=N/OC)c1cccc(C)c1CO/N=C(/c1ccc(-c2ccc(F)cc2)cc1)C(F)(F)F. The van der Waals surface area contributed by atoms with Crippen molar-refractivity contribution in [3.8, 4) is 11.1 Å². The number of carbonyl (C=O) groups excluding carboxylic acids is 1. The lowest BCUT2D eigenvalue weighted by molar-refractivity contribution is -0.114. The number of nitrogens with one attached hydrogen (secondary N) is 1. The van der Waals surface area contributed by atoms with E-state index in [4.69, 9.17) is 9.68 Å². The fraction of sp³-hybridized carbons (Fsp3) is 0.192. The van der Waals surface area contributed by atoms with Crippen molar-refractivity contribution in [3.63, 3.8) is 0 Å². The van der Waals surface area contributed by atoms with Crippen LogP contribution in [-0.4, -0.2) is 37.7 Å². The molecule has 0 aliphatic carbocycles. The third-order valence-corrected chi connectivity index (χ3v) is 5.26. The quantitative estimate of drug-likeness (QED) is 0.256. The Morgan fingerprint density at radius 1 is 0.944 bits per heavy atom. The van der Waals surface area contributed by atoms with Crippen molar-refractivity contribution < 1.29 is 32.0 Å². The van der Waals surface area contributed by atoms with Crippen LogP contribution in [0.5, 0.6) is 0 Å². The number of carbonyl (C=O) groups is 1. The second kappa shape index (κ2) is 11.5. The zero-order chi connectivity index (χ0) is 26.3. The van der Waals surface area contributed by atoms with Gasteiger partial charge in [0, 0.05) is 23.7 Å². The molecule has 0 aromatic heterocycles. The predicted octanol–water partition coefficient (Wildman–Crippen LogP) is 5.38. The van der Waals surface area contributed by atoms with Gasteiger partial charge in [0.1, 0.15) is 19.5 Å². The average molecular weight is 501 g/mol. The second-order valence-electron chi connectivity index (χ2n) is 7.60. The van der Waals surface area contributed by atoms with E-state index in [2.05, 4.69) is 15.6 Å². The van der Waals surface area contributed by atoms with Crippen LogP contribution in [0.4, 0.5) is 17.6 Å². The van der Waals surface area contributed by atoms with Crippen molar-refractivity contribution in [2.24, 2.45) is 10.3 Å². The van der Waals surface area contributed by atoms with Crippen LogP contribution in [0.1, 0.15) is 22.3 Å². The minimum absolute atomic E-state index is 0.0568. The Kier molecular flexibility index (Phi) is 8.42. The van der Waals surface area contributed by atoms with Crippen LogP contribution >= 0.6 is 0 Å². The van der Waals surface area contributed by atoms with E-state index in [0.717, 1.165) is 0 Å². The van der Waals surface area contributed by atoms with Gasteiger partial charge in [-0.3, -0.25) is 4.79 Å². The number of amides is 1. The van der Waals surface area contributed by atoms with E-state index >= 15 is 0 Å². The van der Waals surface area contributed by atoms with Gasteiger partial charge in [0.15, 0.2) is 11.4 Å². The fourth-order valence-electron chi connectivity index (χ4n) is 3.43. The van der Waals surface area contributed by atoms with E-state index < -0.39 is 23.6 Å². The monoisotopic (exact) mass is 501 g/mol. The summed E-state index contributed by atoms with van der Waals surface area (Å²) in [6.45, 7) is 1.37. The van der Waals surface area contributed by atoms with Gasteiger partial charge in [0.05, 0.1) is 0 Å². The van der Waals surface area contributed by atoms with Crippen LogP contribution in [0.3, 0.4) is 0 Å².